The summed E-state index contributed by atoms with van der Waals surface area (Å²) in [7, 11) is 0. The highest BCUT2D eigenvalue weighted by Crippen LogP contribution is 2.48. The van der Waals surface area contributed by atoms with E-state index in [1.807, 2.05) is 0 Å². The fourth-order valence-corrected chi connectivity index (χ4v) is 2.26. The van der Waals surface area contributed by atoms with Crippen molar-refractivity contribution in [3.8, 4) is 0 Å². The maximum absolute atomic E-state index is 5.59. The number of hydrogen-bond donors (Lipinski definition) is 0. The van der Waals surface area contributed by atoms with Crippen molar-refractivity contribution in [3.05, 3.63) is 11.2 Å². The maximum atomic E-state index is 5.59. The topological polar surface area (TPSA) is 38.9 Å². The predicted octanol–water partition coefficient (Wildman–Crippen LogP) is 3.02. The molecule has 1 aliphatic carbocycles. The van der Waals surface area contributed by atoms with Gasteiger partial charge in [-0.15, -0.1) is 5.10 Å². The van der Waals surface area contributed by atoms with Gasteiger partial charge in [0.05, 0.1) is 0 Å². The van der Waals surface area contributed by atoms with E-state index in [1.165, 1.54) is 12.8 Å². The van der Waals surface area contributed by atoms with Crippen molar-refractivity contribution in [1.82, 2.24) is 10.2 Å². The van der Waals surface area contributed by atoms with Crippen LogP contribution in [0.3, 0.4) is 0 Å². The molecule has 4 heteroatoms. The van der Waals surface area contributed by atoms with Crippen LogP contribution in [0.5, 0.6) is 0 Å². The molecule has 0 N–H and O–H groups in total. The van der Waals surface area contributed by atoms with Gasteiger partial charge in [0.1, 0.15) is 0 Å². The van der Waals surface area contributed by atoms with Gasteiger partial charge in [-0.25, -0.2) is 0 Å². The van der Waals surface area contributed by atoms with Crippen molar-refractivity contribution in [2.75, 3.05) is 0 Å². The Hall–Kier alpha value is -0.570. The van der Waals surface area contributed by atoms with Crippen LogP contribution in [0, 0.1) is 5.41 Å². The Balaban J connectivity index is 2.26. The number of halogens is 1. The van der Waals surface area contributed by atoms with Gasteiger partial charge >= 0.3 is 5.35 Å². The molecule has 1 aromatic rings. The Morgan fingerprint density at radius 2 is 2.23 bits per heavy atom. The summed E-state index contributed by atoms with van der Waals surface area (Å²) in [6, 6.07) is 0. The molecule has 0 bridgehead atoms. The average molecular weight is 201 g/mol. The summed E-state index contributed by atoms with van der Waals surface area (Å²) in [4.78, 5) is 0. The third-order valence-electron chi connectivity index (χ3n) is 2.97. The van der Waals surface area contributed by atoms with Crippen molar-refractivity contribution < 1.29 is 4.42 Å². The fraction of sp³-hybridized carbons (Fsp3) is 0.778. The van der Waals surface area contributed by atoms with Gasteiger partial charge in [0, 0.05) is 5.92 Å². The largest absolute Gasteiger partial charge is 0.412 e. The SMILES string of the molecule is CC1(C)CCCC1c1nnc(Cl)o1. The molecular weight excluding hydrogens is 188 g/mol. The Kier molecular flexibility index (Phi) is 2.06. The zero-order valence-corrected chi connectivity index (χ0v) is 8.64. The van der Waals surface area contributed by atoms with Crippen LogP contribution in [0.2, 0.25) is 5.35 Å². The molecule has 0 aliphatic heterocycles. The Morgan fingerprint density at radius 1 is 1.46 bits per heavy atom. The van der Waals surface area contributed by atoms with E-state index in [0.29, 0.717) is 11.8 Å². The van der Waals surface area contributed by atoms with Crippen LogP contribution < -0.4 is 0 Å². The first-order chi connectivity index (χ1) is 6.09. The Morgan fingerprint density at radius 3 is 2.69 bits per heavy atom. The summed E-state index contributed by atoms with van der Waals surface area (Å²) in [5.41, 5.74) is 0.274. The zero-order valence-electron chi connectivity index (χ0n) is 7.88. The molecule has 1 saturated carbocycles. The highest BCUT2D eigenvalue weighted by atomic mass is 35.5. The summed E-state index contributed by atoms with van der Waals surface area (Å²) < 4.78 is 5.25. The highest BCUT2D eigenvalue weighted by Gasteiger charge is 2.38. The van der Waals surface area contributed by atoms with E-state index in [4.69, 9.17) is 16.0 Å². The quantitative estimate of drug-likeness (QED) is 0.700. The lowest BCUT2D eigenvalue weighted by atomic mass is 9.82. The lowest BCUT2D eigenvalue weighted by Crippen LogP contribution is -2.15. The number of hydrogen-bond acceptors (Lipinski definition) is 3. The van der Waals surface area contributed by atoms with E-state index in [2.05, 4.69) is 24.0 Å². The third-order valence-corrected chi connectivity index (χ3v) is 3.12. The van der Waals surface area contributed by atoms with E-state index in [-0.39, 0.29) is 10.8 Å². The monoisotopic (exact) mass is 200 g/mol. The Bertz CT molecular complexity index is 308. The minimum atomic E-state index is 0.151. The van der Waals surface area contributed by atoms with Crippen molar-refractivity contribution in [3.63, 3.8) is 0 Å². The first-order valence-corrected chi connectivity index (χ1v) is 4.96. The predicted molar refractivity (Wildman–Crippen MR) is 49.7 cm³/mol. The average Bonchev–Trinajstić information content (AvgIpc) is 2.56. The van der Waals surface area contributed by atoms with Crippen molar-refractivity contribution in [1.29, 1.82) is 0 Å². The molecule has 0 radical (unpaired) electrons. The molecule has 1 aromatic heterocycles. The van der Waals surface area contributed by atoms with Gasteiger partial charge < -0.3 is 4.42 Å². The standard InChI is InChI=1S/C9H13ClN2O/c1-9(2)5-3-4-6(9)7-11-12-8(10)13-7/h6H,3-5H2,1-2H3. The van der Waals surface area contributed by atoms with Crippen molar-refractivity contribution >= 4 is 11.6 Å². The first-order valence-electron chi connectivity index (χ1n) is 4.58. The molecule has 1 atom stereocenters. The minimum absolute atomic E-state index is 0.151. The van der Waals surface area contributed by atoms with Gasteiger partial charge in [-0.2, -0.15) is 0 Å². The van der Waals surface area contributed by atoms with Crippen LogP contribution in [-0.2, 0) is 0 Å². The van der Waals surface area contributed by atoms with Gasteiger partial charge in [-0.1, -0.05) is 25.4 Å². The molecule has 0 spiro atoms. The molecule has 0 saturated heterocycles. The van der Waals surface area contributed by atoms with Crippen LogP contribution in [0.25, 0.3) is 0 Å². The number of aromatic nitrogens is 2. The normalized spacial score (nSPS) is 26.5. The van der Waals surface area contributed by atoms with E-state index >= 15 is 0 Å². The molecule has 0 amide bonds. The van der Waals surface area contributed by atoms with E-state index < -0.39 is 0 Å². The smallest absolute Gasteiger partial charge is 0.312 e. The molecule has 1 aliphatic rings. The van der Waals surface area contributed by atoms with Crippen LogP contribution in [0.1, 0.15) is 44.9 Å². The molecule has 2 rings (SSSR count). The second kappa shape index (κ2) is 2.98. The van der Waals surface area contributed by atoms with Gasteiger partial charge in [-0.3, -0.25) is 0 Å². The second-order valence-electron chi connectivity index (χ2n) is 4.33. The molecule has 72 valence electrons. The molecular formula is C9H13ClN2O. The van der Waals surface area contributed by atoms with Crippen molar-refractivity contribution in [2.24, 2.45) is 5.41 Å². The lowest BCUT2D eigenvalue weighted by Gasteiger charge is -2.23. The summed E-state index contributed by atoms with van der Waals surface area (Å²) >= 11 is 5.59. The molecule has 1 unspecified atom stereocenters. The Labute approximate surface area is 82.5 Å². The van der Waals surface area contributed by atoms with Gasteiger partial charge in [-0.05, 0) is 29.9 Å². The van der Waals surface area contributed by atoms with E-state index in [9.17, 15) is 0 Å². The molecule has 13 heavy (non-hydrogen) atoms. The van der Waals surface area contributed by atoms with Gasteiger partial charge in [0.15, 0.2) is 0 Å². The fourth-order valence-electron chi connectivity index (χ4n) is 2.14. The summed E-state index contributed by atoms with van der Waals surface area (Å²) in [5, 5.41) is 7.77. The second-order valence-corrected chi connectivity index (χ2v) is 4.65. The van der Waals surface area contributed by atoms with Crippen LogP contribution in [-0.4, -0.2) is 10.2 Å². The number of nitrogens with zero attached hydrogens (tertiary/aromatic N) is 2. The third kappa shape index (κ3) is 1.57. The summed E-state index contributed by atoms with van der Waals surface area (Å²) in [6.07, 6.45) is 3.58. The van der Waals surface area contributed by atoms with E-state index in [0.717, 1.165) is 6.42 Å². The first kappa shape index (κ1) is 9.00. The van der Waals surface area contributed by atoms with Crippen LogP contribution in [0.15, 0.2) is 4.42 Å². The van der Waals surface area contributed by atoms with Crippen LogP contribution >= 0.6 is 11.6 Å². The molecule has 1 heterocycles. The lowest BCUT2D eigenvalue weighted by molar-refractivity contribution is 0.286. The zero-order chi connectivity index (χ0) is 9.47. The van der Waals surface area contributed by atoms with Crippen LogP contribution in [0.4, 0.5) is 0 Å². The summed E-state index contributed by atoms with van der Waals surface area (Å²) in [6.45, 7) is 4.48. The number of rotatable bonds is 1. The molecule has 1 fully saturated rings. The maximum Gasteiger partial charge on any atom is 0.312 e. The molecule has 3 nitrogen and oxygen atoms in total. The minimum Gasteiger partial charge on any atom is -0.412 e. The summed E-state index contributed by atoms with van der Waals surface area (Å²) in [5.74, 6) is 1.08. The molecule has 0 aromatic carbocycles. The highest BCUT2D eigenvalue weighted by molar-refractivity contribution is 6.27. The van der Waals surface area contributed by atoms with Gasteiger partial charge in [0.2, 0.25) is 5.89 Å². The van der Waals surface area contributed by atoms with Gasteiger partial charge in [0.25, 0.3) is 0 Å². The van der Waals surface area contributed by atoms with Crippen molar-refractivity contribution in [2.45, 2.75) is 39.0 Å². The van der Waals surface area contributed by atoms with E-state index in [1.54, 1.807) is 0 Å².